The predicted molar refractivity (Wildman–Crippen MR) is 105 cm³/mol. The van der Waals surface area contributed by atoms with Crippen molar-refractivity contribution in [2.75, 3.05) is 12.4 Å². The van der Waals surface area contributed by atoms with Gasteiger partial charge < -0.3 is 20.4 Å². The summed E-state index contributed by atoms with van der Waals surface area (Å²) in [7, 11) is 1.27. The molecule has 142 valence electrons. The van der Waals surface area contributed by atoms with Crippen molar-refractivity contribution in [3.8, 4) is 0 Å². The number of nitrogens with zero attached hydrogens (tertiary/aromatic N) is 2. The van der Waals surface area contributed by atoms with E-state index in [0.29, 0.717) is 11.5 Å². The van der Waals surface area contributed by atoms with Crippen LogP contribution >= 0.6 is 0 Å². The third-order valence-corrected chi connectivity index (χ3v) is 6.26. The van der Waals surface area contributed by atoms with Gasteiger partial charge >= 0.3 is 7.12 Å². The summed E-state index contributed by atoms with van der Waals surface area (Å²) in [5.74, 6) is 0.391. The number of amides is 1. The standard InChI is InChI=1S/C19H25BN4O3/c1-17(2)18(3,4)27-20(26-17)13-10-24-15(22-5)12-9-23-14(8-11(12)13)19(6-7-19)16(21)25/h8-10H,6-7H2,1-5H3,(H2,21,25)(H,22,24). The van der Waals surface area contributed by atoms with Crippen LogP contribution < -0.4 is 16.5 Å². The molecule has 1 saturated heterocycles. The molecule has 3 N–H and O–H groups in total. The maximum Gasteiger partial charge on any atom is 0.497 e. The second-order valence-electron chi connectivity index (χ2n) is 8.46. The molecule has 27 heavy (non-hydrogen) atoms. The Morgan fingerprint density at radius 1 is 1.11 bits per heavy atom. The second-order valence-corrected chi connectivity index (χ2v) is 8.46. The van der Waals surface area contributed by atoms with Crippen molar-refractivity contribution in [3.63, 3.8) is 0 Å². The summed E-state index contributed by atoms with van der Waals surface area (Å²) >= 11 is 0. The third-order valence-electron chi connectivity index (χ3n) is 6.26. The SMILES string of the molecule is CNc1ncc(B2OC(C)(C)C(C)(C)O2)c2cc(C3(C(N)=O)CC3)ncc12. The van der Waals surface area contributed by atoms with E-state index in [2.05, 4.69) is 15.3 Å². The summed E-state index contributed by atoms with van der Waals surface area (Å²) < 4.78 is 12.5. The third kappa shape index (κ3) is 2.62. The van der Waals surface area contributed by atoms with Gasteiger partial charge in [0.15, 0.2) is 0 Å². The minimum absolute atomic E-state index is 0.325. The summed E-state index contributed by atoms with van der Waals surface area (Å²) in [6, 6.07) is 1.94. The highest BCUT2D eigenvalue weighted by atomic mass is 16.7. The highest BCUT2D eigenvalue weighted by Crippen LogP contribution is 2.47. The lowest BCUT2D eigenvalue weighted by molar-refractivity contribution is -0.120. The Morgan fingerprint density at radius 2 is 1.74 bits per heavy atom. The van der Waals surface area contributed by atoms with Crippen LogP contribution in [0.25, 0.3) is 10.8 Å². The minimum atomic E-state index is -0.648. The van der Waals surface area contributed by atoms with Gasteiger partial charge in [0.1, 0.15) is 5.82 Å². The van der Waals surface area contributed by atoms with Gasteiger partial charge in [0.2, 0.25) is 5.91 Å². The minimum Gasteiger partial charge on any atom is -0.399 e. The number of anilines is 1. The fourth-order valence-corrected chi connectivity index (χ4v) is 3.53. The quantitative estimate of drug-likeness (QED) is 0.794. The van der Waals surface area contributed by atoms with Gasteiger partial charge in [-0.15, -0.1) is 0 Å². The summed E-state index contributed by atoms with van der Waals surface area (Å²) in [5, 5.41) is 4.86. The summed E-state index contributed by atoms with van der Waals surface area (Å²) in [6.07, 6.45) is 4.98. The van der Waals surface area contributed by atoms with Crippen LogP contribution in [0.1, 0.15) is 46.2 Å². The average molecular weight is 368 g/mol. The molecule has 0 bridgehead atoms. The van der Waals surface area contributed by atoms with Crippen LogP contribution in [0.2, 0.25) is 0 Å². The highest BCUT2D eigenvalue weighted by molar-refractivity contribution is 6.65. The van der Waals surface area contributed by atoms with Gasteiger partial charge in [-0.1, -0.05) is 0 Å². The molecule has 2 aromatic rings. The van der Waals surface area contributed by atoms with Gasteiger partial charge in [-0.3, -0.25) is 9.78 Å². The molecule has 0 atom stereocenters. The molecular weight excluding hydrogens is 343 g/mol. The first-order chi connectivity index (χ1) is 12.6. The molecule has 0 radical (unpaired) electrons. The number of nitrogens with one attached hydrogen (secondary N) is 1. The van der Waals surface area contributed by atoms with E-state index in [-0.39, 0.29) is 5.91 Å². The molecule has 8 heteroatoms. The van der Waals surface area contributed by atoms with Gasteiger partial charge in [0, 0.05) is 30.3 Å². The van der Waals surface area contributed by atoms with Gasteiger partial charge in [0.25, 0.3) is 0 Å². The van der Waals surface area contributed by atoms with E-state index in [9.17, 15) is 4.79 Å². The molecule has 1 aliphatic heterocycles. The topological polar surface area (TPSA) is 99.4 Å². The smallest absolute Gasteiger partial charge is 0.399 e. The maximum absolute atomic E-state index is 12.0. The Labute approximate surface area is 159 Å². The maximum atomic E-state index is 12.0. The largest absolute Gasteiger partial charge is 0.497 e. The molecule has 2 fully saturated rings. The van der Waals surface area contributed by atoms with E-state index in [1.165, 1.54) is 0 Å². The number of aromatic nitrogens is 2. The number of fused-ring (bicyclic) bond motifs is 1. The molecule has 2 aliphatic rings. The fourth-order valence-electron chi connectivity index (χ4n) is 3.53. The Kier molecular flexibility index (Phi) is 3.81. The number of primary amides is 1. The van der Waals surface area contributed by atoms with E-state index in [1.54, 1.807) is 12.4 Å². The van der Waals surface area contributed by atoms with Crippen molar-refractivity contribution >= 4 is 35.1 Å². The van der Waals surface area contributed by atoms with Crippen LogP contribution in [-0.2, 0) is 19.5 Å². The lowest BCUT2D eigenvalue weighted by Crippen LogP contribution is -2.41. The highest BCUT2D eigenvalue weighted by Gasteiger charge is 2.53. The van der Waals surface area contributed by atoms with Gasteiger partial charge in [-0.05, 0) is 52.0 Å². The van der Waals surface area contributed by atoms with Crippen molar-refractivity contribution in [1.29, 1.82) is 0 Å². The molecule has 3 heterocycles. The van der Waals surface area contributed by atoms with Crippen LogP contribution in [0.15, 0.2) is 18.5 Å². The number of rotatable bonds is 4. The fraction of sp³-hybridized carbons (Fsp3) is 0.526. The van der Waals surface area contributed by atoms with E-state index >= 15 is 0 Å². The van der Waals surface area contributed by atoms with Gasteiger partial charge in [0.05, 0.1) is 22.3 Å². The van der Waals surface area contributed by atoms with Crippen LogP contribution in [0, 0.1) is 0 Å². The number of carbonyl (C=O) groups is 1. The molecular formula is C19H25BN4O3. The summed E-state index contributed by atoms with van der Waals surface area (Å²) in [4.78, 5) is 21.0. The monoisotopic (exact) mass is 368 g/mol. The molecule has 7 nitrogen and oxygen atoms in total. The Hall–Kier alpha value is -2.19. The zero-order chi connectivity index (χ0) is 19.6. The van der Waals surface area contributed by atoms with Gasteiger partial charge in [-0.25, -0.2) is 4.98 Å². The lowest BCUT2D eigenvalue weighted by Gasteiger charge is -2.32. The van der Waals surface area contributed by atoms with Crippen molar-refractivity contribution < 1.29 is 14.1 Å². The molecule has 0 aromatic carbocycles. The predicted octanol–water partition coefficient (Wildman–Crippen LogP) is 1.49. The Bertz CT molecular complexity index is 924. The molecule has 0 spiro atoms. The van der Waals surface area contributed by atoms with E-state index in [0.717, 1.165) is 29.1 Å². The normalized spacial score (nSPS) is 22.0. The van der Waals surface area contributed by atoms with E-state index < -0.39 is 23.7 Å². The van der Waals surface area contributed by atoms with Crippen LogP contribution in [0.3, 0.4) is 0 Å². The number of carbonyl (C=O) groups excluding carboxylic acids is 1. The number of hydrogen-bond donors (Lipinski definition) is 2. The zero-order valence-electron chi connectivity index (χ0n) is 16.4. The Balaban J connectivity index is 1.87. The molecule has 1 saturated carbocycles. The first-order valence-electron chi connectivity index (χ1n) is 9.24. The van der Waals surface area contributed by atoms with E-state index in [4.69, 9.17) is 15.0 Å². The van der Waals surface area contributed by atoms with E-state index in [1.807, 2.05) is 40.8 Å². The van der Waals surface area contributed by atoms with Crippen molar-refractivity contribution in [1.82, 2.24) is 9.97 Å². The van der Waals surface area contributed by atoms with Crippen LogP contribution in [0.5, 0.6) is 0 Å². The van der Waals surface area contributed by atoms with Crippen molar-refractivity contribution in [2.45, 2.75) is 57.2 Å². The summed E-state index contributed by atoms with van der Waals surface area (Å²) in [5.41, 5.74) is 5.62. The first kappa shape index (κ1) is 18.2. The van der Waals surface area contributed by atoms with Crippen LogP contribution in [0.4, 0.5) is 5.82 Å². The average Bonchev–Trinajstić information content (AvgIpc) is 3.37. The number of nitrogens with two attached hydrogens (primary N) is 1. The van der Waals surface area contributed by atoms with Gasteiger partial charge in [-0.2, -0.15) is 0 Å². The van der Waals surface area contributed by atoms with Crippen molar-refractivity contribution in [3.05, 3.63) is 24.2 Å². The lowest BCUT2D eigenvalue weighted by atomic mass is 9.77. The Morgan fingerprint density at radius 3 is 2.26 bits per heavy atom. The molecule has 4 rings (SSSR count). The summed E-state index contributed by atoms with van der Waals surface area (Å²) in [6.45, 7) is 8.07. The van der Waals surface area contributed by atoms with Crippen LogP contribution in [-0.4, -0.2) is 41.2 Å². The molecule has 2 aromatic heterocycles. The first-order valence-corrected chi connectivity index (χ1v) is 9.24. The second kappa shape index (κ2) is 5.66. The molecule has 1 aliphatic carbocycles. The number of pyridine rings is 2. The van der Waals surface area contributed by atoms with Crippen molar-refractivity contribution in [2.24, 2.45) is 5.73 Å². The molecule has 0 unspecified atom stereocenters. The zero-order valence-corrected chi connectivity index (χ0v) is 16.4. The number of hydrogen-bond acceptors (Lipinski definition) is 6. The molecule has 1 amide bonds.